The number of thiophene rings is 1. The van der Waals surface area contributed by atoms with Gasteiger partial charge in [0.2, 0.25) is 0 Å². The van der Waals surface area contributed by atoms with Crippen LogP contribution in [-0.2, 0) is 0 Å². The number of rotatable bonds is 4. The number of benzene rings is 1. The van der Waals surface area contributed by atoms with Crippen LogP contribution in [0, 0.1) is 5.82 Å². The number of hydrogen-bond donors (Lipinski definition) is 1. The Morgan fingerprint density at radius 2 is 2.00 bits per heavy atom. The molecule has 1 N–H and O–H groups in total. The first-order chi connectivity index (χ1) is 7.79. The molecule has 0 aliphatic carbocycles. The van der Waals surface area contributed by atoms with Gasteiger partial charge in [0, 0.05) is 10.6 Å². The number of aldehydes is 1. The molecule has 0 aliphatic rings. The van der Waals surface area contributed by atoms with Crippen molar-refractivity contribution in [2.75, 3.05) is 4.72 Å². The number of halogens is 1. The maximum Gasteiger partial charge on any atom is 0.161 e. The van der Waals surface area contributed by atoms with Crippen LogP contribution >= 0.6 is 23.3 Å². The molecule has 0 amide bonds. The molecule has 1 aromatic heterocycles. The van der Waals surface area contributed by atoms with Crippen LogP contribution in [0.25, 0.3) is 0 Å². The van der Waals surface area contributed by atoms with Crippen molar-refractivity contribution in [1.29, 1.82) is 0 Å². The van der Waals surface area contributed by atoms with E-state index in [4.69, 9.17) is 0 Å². The van der Waals surface area contributed by atoms with E-state index in [1.165, 1.54) is 35.4 Å². The van der Waals surface area contributed by atoms with Crippen molar-refractivity contribution in [3.05, 3.63) is 46.4 Å². The first-order valence-electron chi connectivity index (χ1n) is 4.50. The highest BCUT2D eigenvalue weighted by Gasteiger charge is 2.03. The molecule has 0 saturated heterocycles. The van der Waals surface area contributed by atoms with Gasteiger partial charge in [0.1, 0.15) is 5.82 Å². The van der Waals surface area contributed by atoms with Crippen LogP contribution in [0.15, 0.2) is 40.6 Å². The quantitative estimate of drug-likeness (QED) is 0.663. The zero-order valence-corrected chi connectivity index (χ0v) is 9.78. The van der Waals surface area contributed by atoms with E-state index in [0.29, 0.717) is 4.88 Å². The van der Waals surface area contributed by atoms with Gasteiger partial charge >= 0.3 is 0 Å². The van der Waals surface area contributed by atoms with Gasteiger partial charge in [-0.15, -0.1) is 11.3 Å². The maximum absolute atomic E-state index is 12.6. The molecular weight excluding hydrogens is 245 g/mol. The maximum atomic E-state index is 12.6. The SMILES string of the molecule is O=Cc1sccc1SNc1ccc(F)cc1. The molecule has 0 spiro atoms. The van der Waals surface area contributed by atoms with E-state index in [0.717, 1.165) is 16.9 Å². The van der Waals surface area contributed by atoms with Gasteiger partial charge in [-0.25, -0.2) is 4.39 Å². The topological polar surface area (TPSA) is 29.1 Å². The number of carbonyl (C=O) groups excluding carboxylic acids is 1. The van der Waals surface area contributed by atoms with Crippen molar-refractivity contribution >= 4 is 35.3 Å². The molecule has 16 heavy (non-hydrogen) atoms. The van der Waals surface area contributed by atoms with Crippen molar-refractivity contribution in [1.82, 2.24) is 0 Å². The van der Waals surface area contributed by atoms with E-state index < -0.39 is 0 Å². The number of hydrogen-bond acceptors (Lipinski definition) is 4. The number of anilines is 1. The summed E-state index contributed by atoms with van der Waals surface area (Å²) in [6.45, 7) is 0. The Labute approximate surface area is 101 Å². The summed E-state index contributed by atoms with van der Waals surface area (Å²) in [7, 11) is 0. The van der Waals surface area contributed by atoms with E-state index in [9.17, 15) is 9.18 Å². The van der Waals surface area contributed by atoms with Crippen molar-refractivity contribution in [3.63, 3.8) is 0 Å². The highest BCUT2D eigenvalue weighted by atomic mass is 32.2. The van der Waals surface area contributed by atoms with Crippen LogP contribution in [-0.4, -0.2) is 6.29 Å². The van der Waals surface area contributed by atoms with E-state index in [1.807, 2.05) is 11.4 Å². The van der Waals surface area contributed by atoms with Gasteiger partial charge in [-0.05, 0) is 47.7 Å². The van der Waals surface area contributed by atoms with Crippen molar-refractivity contribution in [3.8, 4) is 0 Å². The second kappa shape index (κ2) is 5.14. The molecule has 0 aliphatic heterocycles. The summed E-state index contributed by atoms with van der Waals surface area (Å²) in [6.07, 6.45) is 0.833. The Morgan fingerprint density at radius 3 is 2.69 bits per heavy atom. The fraction of sp³-hybridized carbons (Fsp3) is 0. The molecule has 1 aromatic carbocycles. The smallest absolute Gasteiger partial charge is 0.161 e. The lowest BCUT2D eigenvalue weighted by Gasteiger charge is -2.03. The van der Waals surface area contributed by atoms with Crippen molar-refractivity contribution in [2.24, 2.45) is 0 Å². The minimum Gasteiger partial charge on any atom is -0.326 e. The first-order valence-corrected chi connectivity index (χ1v) is 6.20. The average Bonchev–Trinajstić information content (AvgIpc) is 2.76. The minimum absolute atomic E-state index is 0.264. The molecule has 1 heterocycles. The highest BCUT2D eigenvalue weighted by molar-refractivity contribution is 8.00. The second-order valence-corrected chi connectivity index (χ2v) is 4.77. The van der Waals surface area contributed by atoms with Crippen LogP contribution < -0.4 is 4.72 Å². The van der Waals surface area contributed by atoms with Crippen molar-refractivity contribution in [2.45, 2.75) is 4.90 Å². The average molecular weight is 253 g/mol. The molecule has 82 valence electrons. The van der Waals surface area contributed by atoms with E-state index in [1.54, 1.807) is 12.1 Å². The van der Waals surface area contributed by atoms with E-state index in [-0.39, 0.29) is 5.82 Å². The van der Waals surface area contributed by atoms with E-state index >= 15 is 0 Å². The first kappa shape index (κ1) is 11.2. The lowest BCUT2D eigenvalue weighted by atomic mass is 10.3. The van der Waals surface area contributed by atoms with Crippen LogP contribution in [0.5, 0.6) is 0 Å². The predicted molar refractivity (Wildman–Crippen MR) is 65.6 cm³/mol. The molecule has 0 fully saturated rings. The van der Waals surface area contributed by atoms with Crippen molar-refractivity contribution < 1.29 is 9.18 Å². The summed E-state index contributed by atoms with van der Waals surface area (Å²) >= 11 is 2.74. The fourth-order valence-corrected chi connectivity index (χ4v) is 2.71. The van der Waals surface area contributed by atoms with Gasteiger partial charge in [-0.2, -0.15) is 0 Å². The molecule has 5 heteroatoms. The Bertz CT molecular complexity index is 481. The molecule has 0 bridgehead atoms. The summed E-state index contributed by atoms with van der Waals surface area (Å²) in [5.74, 6) is -0.264. The van der Waals surface area contributed by atoms with Crippen LogP contribution in [0.1, 0.15) is 9.67 Å². The standard InChI is InChI=1S/C11H8FNOS2/c12-8-1-3-9(4-2-8)13-16-10-5-6-15-11(10)7-14/h1-7,13H. The molecule has 0 unspecified atom stereocenters. The molecule has 0 radical (unpaired) electrons. The zero-order chi connectivity index (χ0) is 11.4. The Balaban J connectivity index is 2.02. The molecular formula is C11H8FNOS2. The largest absolute Gasteiger partial charge is 0.326 e. The van der Waals surface area contributed by atoms with Gasteiger partial charge in [0.15, 0.2) is 6.29 Å². The van der Waals surface area contributed by atoms with E-state index in [2.05, 4.69) is 4.72 Å². The Hall–Kier alpha value is -1.33. The summed E-state index contributed by atoms with van der Waals surface area (Å²) in [4.78, 5) is 12.2. The summed E-state index contributed by atoms with van der Waals surface area (Å²) in [5.41, 5.74) is 0.800. The number of carbonyl (C=O) groups is 1. The van der Waals surface area contributed by atoms with Crippen LogP contribution in [0.4, 0.5) is 10.1 Å². The molecule has 2 rings (SSSR count). The monoisotopic (exact) mass is 253 g/mol. The summed E-state index contributed by atoms with van der Waals surface area (Å²) < 4.78 is 15.7. The third-order valence-corrected chi connectivity index (χ3v) is 3.77. The van der Waals surface area contributed by atoms with Gasteiger partial charge in [0.05, 0.1) is 4.88 Å². The normalized spacial score (nSPS) is 10.1. The zero-order valence-electron chi connectivity index (χ0n) is 8.14. The lowest BCUT2D eigenvalue weighted by Crippen LogP contribution is -1.87. The number of nitrogens with one attached hydrogen (secondary N) is 1. The van der Waals surface area contributed by atoms with Gasteiger partial charge < -0.3 is 4.72 Å². The molecule has 2 aromatic rings. The summed E-state index contributed by atoms with van der Waals surface area (Å²) in [6, 6.07) is 7.94. The van der Waals surface area contributed by atoms with Gasteiger partial charge in [-0.1, -0.05) is 0 Å². The third kappa shape index (κ3) is 2.62. The second-order valence-electron chi connectivity index (χ2n) is 2.98. The van der Waals surface area contributed by atoms with Gasteiger partial charge in [-0.3, -0.25) is 4.79 Å². The predicted octanol–water partition coefficient (Wildman–Crippen LogP) is 3.82. The Kier molecular flexibility index (Phi) is 3.58. The summed E-state index contributed by atoms with van der Waals surface area (Å²) in [5, 5.41) is 1.86. The molecule has 0 saturated carbocycles. The third-order valence-electron chi connectivity index (χ3n) is 1.89. The molecule has 0 atom stereocenters. The van der Waals surface area contributed by atoms with Gasteiger partial charge in [0.25, 0.3) is 0 Å². The van der Waals surface area contributed by atoms with Crippen LogP contribution in [0.3, 0.4) is 0 Å². The Morgan fingerprint density at radius 1 is 1.25 bits per heavy atom. The van der Waals surface area contributed by atoms with Crippen LogP contribution in [0.2, 0.25) is 0 Å². The minimum atomic E-state index is -0.264. The molecule has 2 nitrogen and oxygen atoms in total. The highest BCUT2D eigenvalue weighted by Crippen LogP contribution is 2.27. The fourth-order valence-electron chi connectivity index (χ4n) is 1.11. The lowest BCUT2D eigenvalue weighted by molar-refractivity contribution is 0.112.